The Bertz CT molecular complexity index is 531. The third kappa shape index (κ3) is 2.96. The van der Waals surface area contributed by atoms with Crippen LogP contribution in [0.1, 0.15) is 36.5 Å². The highest BCUT2D eigenvalue weighted by Gasteiger charge is 2.23. The molecule has 0 atom stereocenters. The second kappa shape index (κ2) is 6.08. The highest BCUT2D eigenvalue weighted by Crippen LogP contribution is 2.27. The summed E-state index contributed by atoms with van der Waals surface area (Å²) < 4.78 is 10.1. The summed E-state index contributed by atoms with van der Waals surface area (Å²) in [6.45, 7) is 2.71. The number of anilines is 1. The zero-order chi connectivity index (χ0) is 13.7. The fraction of sp³-hybridized carbons (Fsp3) is 0.385. The first-order chi connectivity index (χ1) is 9.24. The second-order valence-electron chi connectivity index (χ2n) is 4.21. The van der Waals surface area contributed by atoms with Crippen LogP contribution >= 0.6 is 0 Å². The van der Waals surface area contributed by atoms with E-state index in [2.05, 4.69) is 17.4 Å². The van der Waals surface area contributed by atoms with Gasteiger partial charge in [-0.2, -0.15) is 0 Å². The number of nitrogens with two attached hydrogens (primary N) is 1. The number of nitrogen functional groups attached to an aromatic ring is 1. The first kappa shape index (κ1) is 13.2. The van der Waals surface area contributed by atoms with Crippen molar-refractivity contribution >= 4 is 11.8 Å². The largest absolute Gasteiger partial charge is 0.463 e. The van der Waals surface area contributed by atoms with Crippen molar-refractivity contribution in [1.82, 2.24) is 10.5 Å². The van der Waals surface area contributed by atoms with Crippen molar-refractivity contribution in [3.63, 3.8) is 0 Å². The highest BCUT2D eigenvalue weighted by molar-refractivity contribution is 6.03. The van der Waals surface area contributed by atoms with E-state index in [1.807, 2.05) is 0 Å². The van der Waals surface area contributed by atoms with E-state index in [0.717, 1.165) is 19.3 Å². The first-order valence-corrected chi connectivity index (χ1v) is 6.31. The predicted molar refractivity (Wildman–Crippen MR) is 70.5 cm³/mol. The van der Waals surface area contributed by atoms with Gasteiger partial charge in [0.2, 0.25) is 5.88 Å². The summed E-state index contributed by atoms with van der Waals surface area (Å²) in [6, 6.07) is 3.41. The quantitative estimate of drug-likeness (QED) is 0.780. The average molecular weight is 263 g/mol. The second-order valence-corrected chi connectivity index (χ2v) is 4.21. The molecule has 0 saturated heterocycles. The van der Waals surface area contributed by atoms with Crippen molar-refractivity contribution in [2.24, 2.45) is 0 Å². The maximum Gasteiger partial charge on any atom is 0.259 e. The van der Waals surface area contributed by atoms with Crippen LogP contribution < -0.4 is 11.1 Å². The fourth-order valence-corrected chi connectivity index (χ4v) is 1.77. The van der Waals surface area contributed by atoms with E-state index in [1.54, 1.807) is 12.1 Å². The molecule has 3 N–H and O–H groups in total. The van der Waals surface area contributed by atoms with Crippen LogP contribution in [-0.4, -0.2) is 17.6 Å². The summed E-state index contributed by atoms with van der Waals surface area (Å²) in [5.74, 6) is 0.166. The molecule has 2 aromatic rings. The van der Waals surface area contributed by atoms with Gasteiger partial charge in [0.1, 0.15) is 5.56 Å². The van der Waals surface area contributed by atoms with Gasteiger partial charge in [-0.15, -0.1) is 0 Å². The molecule has 2 rings (SSSR count). The molecule has 0 aliphatic carbocycles. The van der Waals surface area contributed by atoms with Crippen LogP contribution in [0.3, 0.4) is 0 Å². The number of amides is 1. The molecule has 6 nitrogen and oxygen atoms in total. The molecule has 1 amide bonds. The molecule has 0 aliphatic rings. The van der Waals surface area contributed by atoms with Crippen molar-refractivity contribution in [3.8, 4) is 11.5 Å². The van der Waals surface area contributed by atoms with Gasteiger partial charge in [0.05, 0.1) is 6.26 Å². The molecule has 2 heterocycles. The lowest BCUT2D eigenvalue weighted by Crippen LogP contribution is -2.25. The molecule has 19 heavy (non-hydrogen) atoms. The Morgan fingerprint density at radius 1 is 1.47 bits per heavy atom. The topological polar surface area (TPSA) is 94.3 Å². The minimum atomic E-state index is -0.291. The minimum absolute atomic E-state index is 0.000563. The van der Waals surface area contributed by atoms with Crippen molar-refractivity contribution in [1.29, 1.82) is 0 Å². The van der Waals surface area contributed by atoms with Gasteiger partial charge in [-0.1, -0.05) is 24.9 Å². The molecule has 0 bridgehead atoms. The van der Waals surface area contributed by atoms with E-state index >= 15 is 0 Å². The summed E-state index contributed by atoms with van der Waals surface area (Å²) in [5.41, 5.74) is 6.20. The molecule has 0 aliphatic heterocycles. The Labute approximate surface area is 110 Å². The Hall–Kier alpha value is -2.24. The minimum Gasteiger partial charge on any atom is -0.463 e. The number of carbonyl (C=O) groups is 1. The van der Waals surface area contributed by atoms with Crippen LogP contribution in [-0.2, 0) is 0 Å². The number of hydrogen-bond acceptors (Lipinski definition) is 5. The average Bonchev–Trinajstić information content (AvgIpc) is 3.03. The molecular weight excluding hydrogens is 246 g/mol. The third-order valence-electron chi connectivity index (χ3n) is 2.77. The molecule has 0 saturated carbocycles. The predicted octanol–water partition coefficient (Wildman–Crippen LogP) is 2.44. The summed E-state index contributed by atoms with van der Waals surface area (Å²) in [7, 11) is 0. The number of rotatable bonds is 6. The lowest BCUT2D eigenvalue weighted by Gasteiger charge is -2.03. The lowest BCUT2D eigenvalue weighted by molar-refractivity contribution is 0.0954. The fourth-order valence-electron chi connectivity index (χ4n) is 1.77. The van der Waals surface area contributed by atoms with Gasteiger partial charge in [-0.25, -0.2) is 0 Å². The number of hydrogen-bond donors (Lipinski definition) is 2. The van der Waals surface area contributed by atoms with E-state index in [0.29, 0.717) is 18.0 Å². The Kier molecular flexibility index (Phi) is 4.22. The van der Waals surface area contributed by atoms with Crippen LogP contribution in [0.4, 0.5) is 5.88 Å². The van der Waals surface area contributed by atoms with Gasteiger partial charge in [-0.3, -0.25) is 4.79 Å². The van der Waals surface area contributed by atoms with Crippen molar-refractivity contribution in [3.05, 3.63) is 24.0 Å². The van der Waals surface area contributed by atoms with Crippen molar-refractivity contribution in [2.75, 3.05) is 12.3 Å². The van der Waals surface area contributed by atoms with E-state index in [4.69, 9.17) is 14.7 Å². The SMILES string of the molecule is CCCCCNC(=O)c1c(-c2ccco2)noc1N. The van der Waals surface area contributed by atoms with Crippen LogP contribution in [0.15, 0.2) is 27.3 Å². The molecule has 102 valence electrons. The zero-order valence-electron chi connectivity index (χ0n) is 10.8. The highest BCUT2D eigenvalue weighted by atomic mass is 16.5. The number of furan rings is 1. The molecular formula is C13H17N3O3. The van der Waals surface area contributed by atoms with Crippen LogP contribution in [0.2, 0.25) is 0 Å². The summed E-state index contributed by atoms with van der Waals surface area (Å²) in [5, 5.41) is 6.57. The van der Waals surface area contributed by atoms with Gasteiger partial charge in [0, 0.05) is 6.54 Å². The van der Waals surface area contributed by atoms with E-state index in [1.165, 1.54) is 6.26 Å². The maximum absolute atomic E-state index is 12.1. The zero-order valence-corrected chi connectivity index (χ0v) is 10.8. The molecule has 0 radical (unpaired) electrons. The summed E-state index contributed by atoms with van der Waals surface area (Å²) >= 11 is 0. The number of aromatic nitrogens is 1. The van der Waals surface area contributed by atoms with E-state index in [-0.39, 0.29) is 17.4 Å². The lowest BCUT2D eigenvalue weighted by atomic mass is 10.1. The van der Waals surface area contributed by atoms with Crippen LogP contribution in [0.25, 0.3) is 11.5 Å². The van der Waals surface area contributed by atoms with Gasteiger partial charge in [-0.05, 0) is 18.6 Å². The molecule has 0 aromatic carbocycles. The molecule has 0 fully saturated rings. The number of nitrogens with one attached hydrogen (secondary N) is 1. The number of nitrogens with zero attached hydrogens (tertiary/aromatic N) is 1. The van der Waals surface area contributed by atoms with Gasteiger partial charge < -0.3 is 20.0 Å². The normalized spacial score (nSPS) is 10.6. The summed E-state index contributed by atoms with van der Waals surface area (Å²) in [4.78, 5) is 12.1. The molecule has 0 spiro atoms. The molecule has 2 aromatic heterocycles. The number of carbonyl (C=O) groups excluding carboxylic acids is 1. The Morgan fingerprint density at radius 2 is 2.32 bits per heavy atom. The molecule has 0 unspecified atom stereocenters. The van der Waals surface area contributed by atoms with Crippen molar-refractivity contribution in [2.45, 2.75) is 26.2 Å². The van der Waals surface area contributed by atoms with E-state index < -0.39 is 0 Å². The summed E-state index contributed by atoms with van der Waals surface area (Å²) in [6.07, 6.45) is 4.61. The van der Waals surface area contributed by atoms with Crippen LogP contribution in [0, 0.1) is 0 Å². The van der Waals surface area contributed by atoms with Crippen LogP contribution in [0.5, 0.6) is 0 Å². The standard InChI is InChI=1S/C13H17N3O3/c1-2-3-4-7-15-13(17)10-11(16-19-12(10)14)9-6-5-8-18-9/h5-6,8H,2-4,7,14H2,1H3,(H,15,17). The van der Waals surface area contributed by atoms with E-state index in [9.17, 15) is 4.79 Å². The Balaban J connectivity index is 2.11. The van der Waals surface area contributed by atoms with Crippen molar-refractivity contribution < 1.29 is 13.7 Å². The van der Waals surface area contributed by atoms with Gasteiger partial charge >= 0.3 is 0 Å². The number of unbranched alkanes of at least 4 members (excludes halogenated alkanes) is 2. The first-order valence-electron chi connectivity index (χ1n) is 6.31. The van der Waals surface area contributed by atoms with Gasteiger partial charge in [0.15, 0.2) is 11.5 Å². The monoisotopic (exact) mass is 263 g/mol. The third-order valence-corrected chi connectivity index (χ3v) is 2.77. The smallest absolute Gasteiger partial charge is 0.259 e. The van der Waals surface area contributed by atoms with Gasteiger partial charge in [0.25, 0.3) is 5.91 Å². The Morgan fingerprint density at radius 3 is 3.00 bits per heavy atom. The maximum atomic E-state index is 12.1. The molecule has 6 heteroatoms.